The van der Waals surface area contributed by atoms with Crippen LogP contribution in [0.1, 0.15) is 37.8 Å². The molecule has 1 atom stereocenters. The van der Waals surface area contributed by atoms with Crippen LogP contribution >= 0.6 is 0 Å². The third-order valence-corrected chi connectivity index (χ3v) is 6.05. The van der Waals surface area contributed by atoms with Crippen molar-refractivity contribution in [3.05, 3.63) is 29.1 Å². The quantitative estimate of drug-likeness (QED) is 0.928. The summed E-state index contributed by atoms with van der Waals surface area (Å²) in [5.74, 6) is -0.156. The van der Waals surface area contributed by atoms with E-state index in [1.165, 1.54) is 12.1 Å². The second-order valence-electron chi connectivity index (χ2n) is 5.99. The van der Waals surface area contributed by atoms with Gasteiger partial charge in [-0.1, -0.05) is 13.8 Å². The summed E-state index contributed by atoms with van der Waals surface area (Å²) in [5, 5.41) is 0. The van der Waals surface area contributed by atoms with E-state index in [4.69, 9.17) is 5.73 Å². The fourth-order valence-electron chi connectivity index (χ4n) is 2.97. The number of nitrogens with two attached hydrogens (primary N) is 1. The number of nitrogens with zero attached hydrogens (tertiary/aromatic N) is 1. The number of halogens is 1. The van der Waals surface area contributed by atoms with Crippen molar-refractivity contribution in [2.75, 3.05) is 6.54 Å². The van der Waals surface area contributed by atoms with Gasteiger partial charge in [-0.05, 0) is 43.4 Å². The van der Waals surface area contributed by atoms with Gasteiger partial charge in [0.2, 0.25) is 10.0 Å². The lowest BCUT2D eigenvalue weighted by molar-refractivity contribution is 0.315. The Balaban J connectivity index is 2.47. The van der Waals surface area contributed by atoms with Gasteiger partial charge in [0.1, 0.15) is 5.82 Å². The molecular weight excluding hydrogens is 291 g/mol. The molecule has 4 nitrogen and oxygen atoms in total. The molecule has 1 aromatic carbocycles. The molecule has 0 saturated carbocycles. The molecule has 6 heteroatoms. The van der Waals surface area contributed by atoms with Gasteiger partial charge in [-0.2, -0.15) is 4.31 Å². The van der Waals surface area contributed by atoms with Crippen LogP contribution in [0.5, 0.6) is 0 Å². The minimum Gasteiger partial charge on any atom is -0.326 e. The molecule has 1 unspecified atom stereocenters. The third-order valence-electron chi connectivity index (χ3n) is 4.15. The first kappa shape index (κ1) is 16.4. The lowest BCUT2D eigenvalue weighted by Crippen LogP contribution is -2.38. The first-order valence-electron chi connectivity index (χ1n) is 7.30. The molecule has 1 fully saturated rings. The van der Waals surface area contributed by atoms with E-state index in [9.17, 15) is 12.8 Å². The van der Waals surface area contributed by atoms with Crippen molar-refractivity contribution in [1.29, 1.82) is 0 Å². The Morgan fingerprint density at radius 1 is 1.43 bits per heavy atom. The molecule has 1 aliphatic heterocycles. The second kappa shape index (κ2) is 6.02. The summed E-state index contributed by atoms with van der Waals surface area (Å²) >= 11 is 0. The molecule has 2 N–H and O–H groups in total. The highest BCUT2D eigenvalue weighted by atomic mass is 32.2. The lowest BCUT2D eigenvalue weighted by Gasteiger charge is -2.27. The smallest absolute Gasteiger partial charge is 0.243 e. The van der Waals surface area contributed by atoms with Crippen LogP contribution in [0.2, 0.25) is 0 Å². The zero-order chi connectivity index (χ0) is 15.8. The highest BCUT2D eigenvalue weighted by Gasteiger charge is 2.37. The number of rotatable bonds is 4. The van der Waals surface area contributed by atoms with Crippen molar-refractivity contribution >= 4 is 10.0 Å². The molecule has 2 rings (SSSR count). The lowest BCUT2D eigenvalue weighted by atomic mass is 10.0. The Hall–Kier alpha value is -0.980. The fourth-order valence-corrected chi connectivity index (χ4v) is 4.93. The number of sulfonamides is 1. The van der Waals surface area contributed by atoms with E-state index in [0.717, 1.165) is 12.8 Å². The molecule has 21 heavy (non-hydrogen) atoms. The summed E-state index contributed by atoms with van der Waals surface area (Å²) in [6.45, 7) is 6.14. The molecule has 0 bridgehead atoms. The molecule has 0 radical (unpaired) electrons. The van der Waals surface area contributed by atoms with E-state index in [2.05, 4.69) is 0 Å². The first-order chi connectivity index (χ1) is 9.78. The topological polar surface area (TPSA) is 63.4 Å². The summed E-state index contributed by atoms with van der Waals surface area (Å²) in [6.07, 6.45) is 1.74. The molecule has 0 spiro atoms. The average Bonchev–Trinajstić information content (AvgIpc) is 2.91. The normalized spacial score (nSPS) is 20.4. The maximum Gasteiger partial charge on any atom is 0.243 e. The van der Waals surface area contributed by atoms with Gasteiger partial charge in [-0.15, -0.1) is 0 Å². The Bertz CT molecular complexity index is 629. The van der Waals surface area contributed by atoms with Gasteiger partial charge in [0.25, 0.3) is 0 Å². The number of aryl methyl sites for hydroxylation is 1. The van der Waals surface area contributed by atoms with Crippen LogP contribution in [-0.2, 0) is 16.6 Å². The molecule has 1 aromatic rings. The average molecular weight is 314 g/mol. The van der Waals surface area contributed by atoms with Gasteiger partial charge < -0.3 is 5.73 Å². The van der Waals surface area contributed by atoms with E-state index in [1.54, 1.807) is 11.2 Å². The van der Waals surface area contributed by atoms with Gasteiger partial charge >= 0.3 is 0 Å². The Morgan fingerprint density at radius 2 is 2.10 bits per heavy atom. The van der Waals surface area contributed by atoms with Crippen LogP contribution in [0.15, 0.2) is 17.0 Å². The highest BCUT2D eigenvalue weighted by Crippen LogP contribution is 2.31. The third kappa shape index (κ3) is 2.98. The predicted molar refractivity (Wildman–Crippen MR) is 80.8 cm³/mol. The zero-order valence-corrected chi connectivity index (χ0v) is 13.6. The first-order valence-corrected chi connectivity index (χ1v) is 8.74. The summed E-state index contributed by atoms with van der Waals surface area (Å²) in [7, 11) is -3.59. The van der Waals surface area contributed by atoms with Gasteiger partial charge in [-0.3, -0.25) is 0 Å². The largest absolute Gasteiger partial charge is 0.326 e. The van der Waals surface area contributed by atoms with Crippen LogP contribution in [0, 0.1) is 18.7 Å². The molecule has 1 saturated heterocycles. The van der Waals surface area contributed by atoms with Crippen molar-refractivity contribution in [3.8, 4) is 0 Å². The molecule has 118 valence electrons. The zero-order valence-electron chi connectivity index (χ0n) is 12.8. The van der Waals surface area contributed by atoms with Gasteiger partial charge in [0.05, 0.1) is 4.90 Å². The van der Waals surface area contributed by atoms with Crippen molar-refractivity contribution in [2.24, 2.45) is 11.7 Å². The van der Waals surface area contributed by atoms with Crippen molar-refractivity contribution < 1.29 is 12.8 Å². The minimum atomic E-state index is -3.59. The molecular formula is C15H23FN2O2S. The summed E-state index contributed by atoms with van der Waals surface area (Å²) in [5.41, 5.74) is 6.07. The maximum atomic E-state index is 13.9. The van der Waals surface area contributed by atoms with Crippen LogP contribution in [0.3, 0.4) is 0 Å². The van der Waals surface area contributed by atoms with Gasteiger partial charge in [0.15, 0.2) is 0 Å². The van der Waals surface area contributed by atoms with Crippen LogP contribution < -0.4 is 5.73 Å². The summed E-state index contributed by atoms with van der Waals surface area (Å²) < 4.78 is 41.1. The summed E-state index contributed by atoms with van der Waals surface area (Å²) in [6, 6.07) is 2.79. The molecule has 0 aliphatic carbocycles. The van der Waals surface area contributed by atoms with Gasteiger partial charge in [0, 0.05) is 24.7 Å². The summed E-state index contributed by atoms with van der Waals surface area (Å²) in [4.78, 5) is 0.148. The van der Waals surface area contributed by atoms with Crippen LogP contribution in [0.25, 0.3) is 0 Å². The van der Waals surface area contributed by atoms with Crippen LogP contribution in [-0.4, -0.2) is 25.3 Å². The van der Waals surface area contributed by atoms with Crippen molar-refractivity contribution in [1.82, 2.24) is 4.31 Å². The fraction of sp³-hybridized carbons (Fsp3) is 0.600. The highest BCUT2D eigenvalue weighted by molar-refractivity contribution is 7.89. The Morgan fingerprint density at radius 3 is 2.67 bits per heavy atom. The number of benzene rings is 1. The monoisotopic (exact) mass is 314 g/mol. The minimum absolute atomic E-state index is 0.0103. The van der Waals surface area contributed by atoms with E-state index in [0.29, 0.717) is 12.1 Å². The second-order valence-corrected chi connectivity index (χ2v) is 7.88. The van der Waals surface area contributed by atoms with E-state index in [-0.39, 0.29) is 29.0 Å². The Labute approximate surface area is 126 Å². The van der Waals surface area contributed by atoms with Crippen molar-refractivity contribution in [3.63, 3.8) is 0 Å². The van der Waals surface area contributed by atoms with E-state index >= 15 is 0 Å². The number of hydrogen-bond donors (Lipinski definition) is 1. The van der Waals surface area contributed by atoms with Crippen LogP contribution in [0.4, 0.5) is 4.39 Å². The number of hydrogen-bond acceptors (Lipinski definition) is 3. The molecule has 1 heterocycles. The molecule has 1 aliphatic rings. The predicted octanol–water partition coefficient (Wildman–Crippen LogP) is 2.40. The SMILES string of the molecule is Cc1cc(S(=O)(=O)N2CCCC2C(C)C)cc(CN)c1F. The molecule has 0 aromatic heterocycles. The standard InChI is InChI=1S/C15H23FN2O2S/c1-10(2)14-5-4-6-18(14)21(19,20)13-7-11(3)15(16)12(8-13)9-17/h7-8,10,14H,4-6,9,17H2,1-3H3. The Kier molecular flexibility index (Phi) is 4.70. The van der Waals surface area contributed by atoms with E-state index in [1.807, 2.05) is 13.8 Å². The van der Waals surface area contributed by atoms with Gasteiger partial charge in [-0.25, -0.2) is 12.8 Å². The maximum absolute atomic E-state index is 13.9. The van der Waals surface area contributed by atoms with E-state index < -0.39 is 15.8 Å². The van der Waals surface area contributed by atoms with Crippen molar-refractivity contribution in [2.45, 2.75) is 51.1 Å². The molecule has 0 amide bonds.